The van der Waals surface area contributed by atoms with Gasteiger partial charge in [-0.2, -0.15) is 0 Å². The van der Waals surface area contributed by atoms with Crippen LogP contribution >= 0.6 is 0 Å². The second kappa shape index (κ2) is 9.44. The minimum atomic E-state index is -0.329. The highest BCUT2D eigenvalue weighted by Gasteiger charge is 2.29. The maximum atomic E-state index is 13.3. The van der Waals surface area contributed by atoms with E-state index in [-0.39, 0.29) is 11.6 Å². The molecule has 1 N–H and O–H groups in total. The lowest BCUT2D eigenvalue weighted by molar-refractivity contribution is 0.234. The number of aromatic amines is 1. The summed E-state index contributed by atoms with van der Waals surface area (Å²) < 4.78 is 1.83. The van der Waals surface area contributed by atoms with Gasteiger partial charge in [0.25, 0.3) is 5.56 Å². The summed E-state index contributed by atoms with van der Waals surface area (Å²) in [7, 11) is 0. The van der Waals surface area contributed by atoms with E-state index in [4.69, 9.17) is 0 Å². The van der Waals surface area contributed by atoms with Gasteiger partial charge in [-0.1, -0.05) is 50.2 Å². The minimum absolute atomic E-state index is 0.1000. The number of aryl methyl sites for hydroxylation is 4. The Morgan fingerprint density at radius 1 is 1.06 bits per heavy atom. The Bertz CT molecular complexity index is 1260. The summed E-state index contributed by atoms with van der Waals surface area (Å²) in [6.45, 7) is 10.5. The van der Waals surface area contributed by atoms with Crippen LogP contribution in [-0.4, -0.2) is 43.2 Å². The molecule has 0 saturated carbocycles. The molecule has 0 aliphatic carbocycles. The molecule has 2 aromatic carbocycles. The van der Waals surface area contributed by atoms with E-state index in [9.17, 15) is 4.79 Å². The number of pyridine rings is 1. The first-order valence-corrected chi connectivity index (χ1v) is 11.2. The number of H-pyrrole nitrogens is 1. The molecule has 0 bridgehead atoms. The van der Waals surface area contributed by atoms with Crippen LogP contribution < -0.4 is 5.56 Å². The van der Waals surface area contributed by atoms with E-state index in [1.54, 1.807) is 0 Å². The van der Waals surface area contributed by atoms with Gasteiger partial charge in [0.1, 0.15) is 6.04 Å². The first-order chi connectivity index (χ1) is 15.5. The number of nitrogens with zero attached hydrogens (tertiary/aromatic N) is 5. The van der Waals surface area contributed by atoms with Crippen molar-refractivity contribution in [1.29, 1.82) is 0 Å². The largest absolute Gasteiger partial charge is 0.322 e. The quantitative estimate of drug-likeness (QED) is 0.460. The summed E-state index contributed by atoms with van der Waals surface area (Å²) in [6.07, 6.45) is 0.816. The fraction of sp³-hybridized carbons (Fsp3) is 0.360. The number of benzene rings is 2. The van der Waals surface area contributed by atoms with Gasteiger partial charge in [-0.3, -0.25) is 9.69 Å². The van der Waals surface area contributed by atoms with Gasteiger partial charge < -0.3 is 4.98 Å². The van der Waals surface area contributed by atoms with Gasteiger partial charge in [0.05, 0.1) is 0 Å². The first kappa shape index (κ1) is 21.9. The van der Waals surface area contributed by atoms with Crippen molar-refractivity contribution in [2.75, 3.05) is 13.1 Å². The number of fused-ring (bicyclic) bond motifs is 1. The predicted octanol–water partition coefficient (Wildman–Crippen LogP) is 3.81. The number of tetrazole rings is 1. The molecule has 7 heteroatoms. The Morgan fingerprint density at radius 2 is 1.81 bits per heavy atom. The van der Waals surface area contributed by atoms with Crippen LogP contribution in [0.4, 0.5) is 0 Å². The van der Waals surface area contributed by atoms with Crippen molar-refractivity contribution >= 4 is 10.9 Å². The van der Waals surface area contributed by atoms with Gasteiger partial charge in [0.2, 0.25) is 0 Å². The molecule has 0 saturated heterocycles. The molecule has 1 unspecified atom stereocenters. The second-order valence-corrected chi connectivity index (χ2v) is 8.22. The van der Waals surface area contributed by atoms with Crippen molar-refractivity contribution in [2.24, 2.45) is 0 Å². The molecule has 2 aromatic heterocycles. The van der Waals surface area contributed by atoms with Gasteiger partial charge in [-0.25, -0.2) is 4.68 Å². The van der Waals surface area contributed by atoms with Crippen molar-refractivity contribution in [3.8, 4) is 0 Å². The molecule has 4 aromatic rings. The Balaban J connectivity index is 1.79. The SMILES string of the molecule is CCN(CC)C(c1cc2c(C)cc(C)cc2[nH]c1=O)c1nnnn1CCc1ccccc1. The van der Waals surface area contributed by atoms with E-state index < -0.39 is 0 Å². The molecule has 1 atom stereocenters. The highest BCUT2D eigenvalue weighted by Crippen LogP contribution is 2.28. The number of hydrogen-bond donors (Lipinski definition) is 1. The summed E-state index contributed by atoms with van der Waals surface area (Å²) in [5, 5.41) is 13.7. The fourth-order valence-electron chi connectivity index (χ4n) is 4.43. The van der Waals surface area contributed by atoms with Crippen molar-refractivity contribution in [1.82, 2.24) is 30.1 Å². The molecule has 0 aliphatic heterocycles. The zero-order valence-corrected chi connectivity index (χ0v) is 19.2. The summed E-state index contributed by atoms with van der Waals surface area (Å²) in [4.78, 5) is 18.6. The summed E-state index contributed by atoms with van der Waals surface area (Å²) >= 11 is 0. The van der Waals surface area contributed by atoms with Crippen molar-refractivity contribution in [2.45, 2.75) is 46.7 Å². The van der Waals surface area contributed by atoms with Crippen LogP contribution in [0.25, 0.3) is 10.9 Å². The molecule has 0 spiro atoms. The zero-order valence-electron chi connectivity index (χ0n) is 19.2. The monoisotopic (exact) mass is 430 g/mol. The number of aromatic nitrogens is 5. The number of hydrogen-bond acceptors (Lipinski definition) is 5. The van der Waals surface area contributed by atoms with E-state index >= 15 is 0 Å². The lowest BCUT2D eigenvalue weighted by Crippen LogP contribution is -2.35. The van der Waals surface area contributed by atoms with Gasteiger partial charge in [-0.05, 0) is 72.6 Å². The molecular weight excluding hydrogens is 400 g/mol. The molecule has 0 amide bonds. The van der Waals surface area contributed by atoms with Crippen molar-refractivity contribution in [3.63, 3.8) is 0 Å². The highest BCUT2D eigenvalue weighted by atomic mass is 16.1. The third-order valence-corrected chi connectivity index (χ3v) is 6.07. The molecule has 2 heterocycles. The van der Waals surface area contributed by atoms with E-state index in [1.807, 2.05) is 41.9 Å². The molecule has 0 aliphatic rings. The molecule has 0 radical (unpaired) electrons. The lowest BCUT2D eigenvalue weighted by Gasteiger charge is -2.28. The highest BCUT2D eigenvalue weighted by molar-refractivity contribution is 5.83. The topological polar surface area (TPSA) is 79.7 Å². The molecule has 4 rings (SSSR count). The summed E-state index contributed by atoms with van der Waals surface area (Å²) in [5.74, 6) is 0.694. The average molecular weight is 431 g/mol. The maximum absolute atomic E-state index is 13.3. The smallest absolute Gasteiger partial charge is 0.253 e. The van der Waals surface area contributed by atoms with Crippen LogP contribution in [0.3, 0.4) is 0 Å². The van der Waals surface area contributed by atoms with E-state index in [0.29, 0.717) is 17.9 Å². The van der Waals surface area contributed by atoms with Gasteiger partial charge in [0, 0.05) is 23.0 Å². The Kier molecular flexibility index (Phi) is 6.46. The zero-order chi connectivity index (χ0) is 22.7. The second-order valence-electron chi connectivity index (χ2n) is 8.22. The van der Waals surface area contributed by atoms with Crippen LogP contribution in [0.5, 0.6) is 0 Å². The van der Waals surface area contributed by atoms with E-state index in [1.165, 1.54) is 5.56 Å². The standard InChI is InChI=1S/C25H30N6O/c1-5-30(6-2)23(21-16-20-18(4)14-17(3)15-22(20)26-25(21)32)24-27-28-29-31(24)13-12-19-10-8-7-9-11-19/h7-11,14-16,23H,5-6,12-13H2,1-4H3,(H,26,32). The third kappa shape index (κ3) is 4.34. The average Bonchev–Trinajstić information content (AvgIpc) is 3.24. The van der Waals surface area contributed by atoms with Crippen LogP contribution in [0.1, 0.15) is 48.0 Å². The Labute approximate surface area is 188 Å². The van der Waals surface area contributed by atoms with Crippen LogP contribution in [0.15, 0.2) is 53.3 Å². The van der Waals surface area contributed by atoms with Gasteiger partial charge in [-0.15, -0.1) is 5.10 Å². The van der Waals surface area contributed by atoms with E-state index in [0.717, 1.165) is 41.5 Å². The lowest BCUT2D eigenvalue weighted by atomic mass is 10.00. The molecule has 166 valence electrons. The molecule has 0 fully saturated rings. The Morgan fingerprint density at radius 3 is 2.53 bits per heavy atom. The number of nitrogens with one attached hydrogen (secondary N) is 1. The molecule has 32 heavy (non-hydrogen) atoms. The van der Waals surface area contributed by atoms with Gasteiger partial charge >= 0.3 is 0 Å². The minimum Gasteiger partial charge on any atom is -0.322 e. The predicted molar refractivity (Wildman–Crippen MR) is 127 cm³/mol. The van der Waals surface area contributed by atoms with Crippen molar-refractivity contribution < 1.29 is 0 Å². The van der Waals surface area contributed by atoms with Gasteiger partial charge in [0.15, 0.2) is 5.82 Å². The van der Waals surface area contributed by atoms with Crippen LogP contribution in [-0.2, 0) is 13.0 Å². The van der Waals surface area contributed by atoms with E-state index in [2.05, 4.69) is 64.4 Å². The summed E-state index contributed by atoms with van der Waals surface area (Å²) in [5.41, 5.74) is 4.92. The first-order valence-electron chi connectivity index (χ1n) is 11.2. The van der Waals surface area contributed by atoms with Crippen LogP contribution in [0.2, 0.25) is 0 Å². The molecule has 7 nitrogen and oxygen atoms in total. The number of rotatable bonds is 8. The van der Waals surface area contributed by atoms with Crippen molar-refractivity contribution in [3.05, 3.63) is 87.0 Å². The normalized spacial score (nSPS) is 12.5. The fourth-order valence-corrected chi connectivity index (χ4v) is 4.43. The molecular formula is C25H30N6O. The third-order valence-electron chi connectivity index (χ3n) is 6.07. The Hall–Kier alpha value is -3.32. The van der Waals surface area contributed by atoms with Crippen LogP contribution in [0, 0.1) is 13.8 Å². The summed E-state index contributed by atoms with van der Waals surface area (Å²) in [6, 6.07) is 16.1. The maximum Gasteiger partial charge on any atom is 0.253 e.